The molecule has 2 aliphatic carbocycles. The average molecular weight is 235 g/mol. The molecule has 1 nitrogen and oxygen atoms in total. The first-order valence-electron chi connectivity index (χ1n) is 6.40. The largest absolute Gasteiger partial charge is 0.393 e. The van der Waals surface area contributed by atoms with Crippen LogP contribution >= 0.6 is 0 Å². The van der Waals surface area contributed by atoms with Gasteiger partial charge in [0.25, 0.3) is 0 Å². The zero-order chi connectivity index (χ0) is 11.6. The molecule has 2 rings (SSSR count). The van der Waals surface area contributed by atoms with Gasteiger partial charge in [0, 0.05) is 12.1 Å². The molecule has 2 atom stereocenters. The van der Waals surface area contributed by atoms with E-state index in [0.29, 0.717) is 18.9 Å². The molecule has 94 valence electrons. The fourth-order valence-corrected chi connectivity index (χ4v) is 3.12. The monoisotopic (exact) mass is 235 g/mol. The Bertz CT molecular complexity index is 221. The number of rotatable bonds is 2. The molecule has 0 spiro atoms. The smallest absolute Gasteiger partial charge is 0.311 e. The molecular weight excluding hydrogens is 215 g/mol. The van der Waals surface area contributed by atoms with Crippen LogP contribution in [0.5, 0.6) is 0 Å². The van der Waals surface area contributed by atoms with Crippen LogP contribution in [0, 0.1) is 5.92 Å². The van der Waals surface area contributed by atoms with E-state index in [9.17, 15) is 13.2 Å². The quantitative estimate of drug-likeness (QED) is 0.770. The van der Waals surface area contributed by atoms with Crippen LogP contribution < -0.4 is 5.32 Å². The van der Waals surface area contributed by atoms with Crippen LogP contribution in [0.2, 0.25) is 0 Å². The summed E-state index contributed by atoms with van der Waals surface area (Å²) in [5, 5.41) is 3.25. The molecule has 2 aliphatic rings. The van der Waals surface area contributed by atoms with E-state index in [-0.39, 0.29) is 6.04 Å². The number of hydrogen-bond acceptors (Lipinski definition) is 1. The van der Waals surface area contributed by atoms with Gasteiger partial charge in [0.05, 0.1) is 5.92 Å². The molecule has 2 unspecified atom stereocenters. The zero-order valence-corrected chi connectivity index (χ0v) is 9.52. The highest BCUT2D eigenvalue weighted by Gasteiger charge is 2.45. The Kier molecular flexibility index (Phi) is 3.77. The van der Waals surface area contributed by atoms with Gasteiger partial charge in [-0.15, -0.1) is 0 Å². The molecule has 0 amide bonds. The molecule has 2 fully saturated rings. The van der Waals surface area contributed by atoms with Gasteiger partial charge in [-0.25, -0.2) is 0 Å². The average Bonchev–Trinajstić information content (AvgIpc) is 2.70. The maximum absolute atomic E-state index is 12.8. The van der Waals surface area contributed by atoms with E-state index in [4.69, 9.17) is 0 Å². The van der Waals surface area contributed by atoms with Crippen LogP contribution in [0.3, 0.4) is 0 Å². The van der Waals surface area contributed by atoms with Gasteiger partial charge >= 0.3 is 6.18 Å². The Balaban J connectivity index is 1.93. The first kappa shape index (κ1) is 12.2. The van der Waals surface area contributed by atoms with E-state index in [1.807, 2.05) is 0 Å². The molecule has 2 saturated carbocycles. The van der Waals surface area contributed by atoms with Crippen LogP contribution in [0.25, 0.3) is 0 Å². The fraction of sp³-hybridized carbons (Fsp3) is 1.00. The first-order valence-corrected chi connectivity index (χ1v) is 6.40. The van der Waals surface area contributed by atoms with Crippen molar-refractivity contribution in [1.82, 2.24) is 5.32 Å². The van der Waals surface area contributed by atoms with Crippen molar-refractivity contribution in [2.45, 2.75) is 69.6 Å². The SMILES string of the molecule is FC(F)(F)C1CCCCC1NC1CCCC1. The summed E-state index contributed by atoms with van der Waals surface area (Å²) in [6.07, 6.45) is 3.11. The molecule has 0 bridgehead atoms. The summed E-state index contributed by atoms with van der Waals surface area (Å²) in [6, 6.07) is 0.0183. The molecule has 0 saturated heterocycles. The van der Waals surface area contributed by atoms with Crippen molar-refractivity contribution >= 4 is 0 Å². The third kappa shape index (κ3) is 2.90. The zero-order valence-electron chi connectivity index (χ0n) is 9.52. The van der Waals surface area contributed by atoms with Gasteiger partial charge in [-0.05, 0) is 25.7 Å². The van der Waals surface area contributed by atoms with Gasteiger partial charge in [-0.3, -0.25) is 0 Å². The van der Waals surface area contributed by atoms with E-state index in [2.05, 4.69) is 5.32 Å². The maximum atomic E-state index is 12.8. The molecule has 0 aromatic rings. The predicted octanol–water partition coefficient (Wildman–Crippen LogP) is 3.64. The number of alkyl halides is 3. The second kappa shape index (κ2) is 4.94. The van der Waals surface area contributed by atoms with Gasteiger partial charge < -0.3 is 5.32 Å². The Morgan fingerprint density at radius 1 is 0.812 bits per heavy atom. The van der Waals surface area contributed by atoms with E-state index in [0.717, 1.165) is 25.7 Å². The summed E-state index contributed by atoms with van der Waals surface area (Å²) >= 11 is 0. The predicted molar refractivity (Wildman–Crippen MR) is 57.2 cm³/mol. The van der Waals surface area contributed by atoms with E-state index >= 15 is 0 Å². The lowest BCUT2D eigenvalue weighted by atomic mass is 9.83. The summed E-state index contributed by atoms with van der Waals surface area (Å²) in [5.74, 6) is -1.11. The Labute approximate surface area is 94.8 Å². The third-order valence-electron chi connectivity index (χ3n) is 3.99. The molecule has 1 N–H and O–H groups in total. The fourth-order valence-electron chi connectivity index (χ4n) is 3.12. The summed E-state index contributed by atoms with van der Waals surface area (Å²) in [5.41, 5.74) is 0. The van der Waals surface area contributed by atoms with Gasteiger partial charge in [-0.1, -0.05) is 25.7 Å². The van der Waals surface area contributed by atoms with Crippen LogP contribution in [0.1, 0.15) is 51.4 Å². The summed E-state index contributed by atoms with van der Waals surface area (Å²) < 4.78 is 38.5. The summed E-state index contributed by atoms with van der Waals surface area (Å²) in [6.45, 7) is 0. The standard InChI is InChI=1S/C12H20F3N/c13-12(14,15)10-7-3-4-8-11(10)16-9-5-1-2-6-9/h9-11,16H,1-8H2. The van der Waals surface area contributed by atoms with Crippen LogP contribution in [0.15, 0.2) is 0 Å². The van der Waals surface area contributed by atoms with Crippen molar-refractivity contribution < 1.29 is 13.2 Å². The molecule has 16 heavy (non-hydrogen) atoms. The van der Waals surface area contributed by atoms with E-state index in [1.54, 1.807) is 0 Å². The van der Waals surface area contributed by atoms with E-state index in [1.165, 1.54) is 12.8 Å². The highest BCUT2D eigenvalue weighted by atomic mass is 19.4. The highest BCUT2D eigenvalue weighted by Crippen LogP contribution is 2.38. The Hall–Kier alpha value is -0.250. The first-order chi connectivity index (χ1) is 7.57. The second-order valence-electron chi connectivity index (χ2n) is 5.19. The van der Waals surface area contributed by atoms with Gasteiger partial charge in [0.15, 0.2) is 0 Å². The van der Waals surface area contributed by atoms with Crippen molar-refractivity contribution in [1.29, 1.82) is 0 Å². The summed E-state index contributed by atoms with van der Waals surface area (Å²) in [7, 11) is 0. The number of nitrogens with one attached hydrogen (secondary N) is 1. The lowest BCUT2D eigenvalue weighted by molar-refractivity contribution is -0.189. The lowest BCUT2D eigenvalue weighted by Gasteiger charge is -2.35. The molecule has 0 heterocycles. The van der Waals surface area contributed by atoms with Crippen LogP contribution in [0.4, 0.5) is 13.2 Å². The molecule has 0 aromatic carbocycles. The van der Waals surface area contributed by atoms with Crippen molar-refractivity contribution in [2.75, 3.05) is 0 Å². The second-order valence-corrected chi connectivity index (χ2v) is 5.19. The van der Waals surface area contributed by atoms with Crippen molar-refractivity contribution in [3.63, 3.8) is 0 Å². The lowest BCUT2D eigenvalue weighted by Crippen LogP contribution is -2.48. The number of hydrogen-bond donors (Lipinski definition) is 1. The van der Waals surface area contributed by atoms with Gasteiger partial charge in [0.1, 0.15) is 0 Å². The minimum Gasteiger partial charge on any atom is -0.311 e. The van der Waals surface area contributed by atoms with Crippen molar-refractivity contribution in [3.8, 4) is 0 Å². The molecule has 0 aliphatic heterocycles. The Morgan fingerprint density at radius 2 is 1.38 bits per heavy atom. The normalized spacial score (nSPS) is 33.2. The molecule has 4 heteroatoms. The van der Waals surface area contributed by atoms with Crippen LogP contribution in [-0.2, 0) is 0 Å². The molecule has 0 radical (unpaired) electrons. The summed E-state index contributed by atoms with van der Waals surface area (Å²) in [4.78, 5) is 0. The Morgan fingerprint density at radius 3 is 2.00 bits per heavy atom. The minimum atomic E-state index is -4.02. The minimum absolute atomic E-state index is 0.313. The maximum Gasteiger partial charge on any atom is 0.393 e. The van der Waals surface area contributed by atoms with Crippen LogP contribution in [-0.4, -0.2) is 18.3 Å². The van der Waals surface area contributed by atoms with E-state index < -0.39 is 12.1 Å². The van der Waals surface area contributed by atoms with Crippen molar-refractivity contribution in [3.05, 3.63) is 0 Å². The van der Waals surface area contributed by atoms with Gasteiger partial charge in [0.2, 0.25) is 0 Å². The number of halogens is 3. The third-order valence-corrected chi connectivity index (χ3v) is 3.99. The van der Waals surface area contributed by atoms with Crippen molar-refractivity contribution in [2.24, 2.45) is 5.92 Å². The molecular formula is C12H20F3N. The molecule has 0 aromatic heterocycles. The van der Waals surface area contributed by atoms with Gasteiger partial charge in [-0.2, -0.15) is 13.2 Å². The topological polar surface area (TPSA) is 12.0 Å². The highest BCUT2D eigenvalue weighted by molar-refractivity contribution is 4.88.